The summed E-state index contributed by atoms with van der Waals surface area (Å²) in [6.07, 6.45) is 0. The molecule has 9 nitrogen and oxygen atoms in total. The summed E-state index contributed by atoms with van der Waals surface area (Å²) in [5.41, 5.74) is 4.18. The van der Waals surface area contributed by atoms with Crippen molar-refractivity contribution in [2.45, 2.75) is 26.4 Å². The van der Waals surface area contributed by atoms with Gasteiger partial charge in [-0.1, -0.05) is 78.3 Å². The number of halogens is 1. The Morgan fingerprint density at radius 2 is 1.27 bits per heavy atom. The number of furan rings is 1. The molecule has 7 aromatic rings. The standard InChI is InChI=1S/C39H31ClN4O5/c1-24-34(37(45)43(41-24)28-14-8-4-9-15-28)36(35-25(2)42-44(38(35)46)29-16-10-5-11-17-29)33-21-20-32(49-33)27-18-19-31(40)30(22-27)39(47)48-23-26-12-6-3-7-13-26/h3-22,36,41-42H,23H2,1-2H3. The quantitative estimate of drug-likeness (QED) is 0.153. The number of rotatable bonds is 9. The van der Waals surface area contributed by atoms with E-state index in [1.165, 1.54) is 9.36 Å². The highest BCUT2D eigenvalue weighted by Gasteiger charge is 2.33. The van der Waals surface area contributed by atoms with E-state index in [0.717, 1.165) is 5.56 Å². The number of para-hydroxylation sites is 2. The zero-order valence-electron chi connectivity index (χ0n) is 26.6. The van der Waals surface area contributed by atoms with Gasteiger partial charge in [-0.3, -0.25) is 19.8 Å². The van der Waals surface area contributed by atoms with E-state index < -0.39 is 11.9 Å². The van der Waals surface area contributed by atoms with Crippen molar-refractivity contribution < 1.29 is 13.9 Å². The fourth-order valence-electron chi connectivity index (χ4n) is 6.04. The van der Waals surface area contributed by atoms with Gasteiger partial charge in [-0.05, 0) is 74.0 Å². The molecular weight excluding hydrogens is 640 g/mol. The number of carbonyl (C=O) groups is 1. The van der Waals surface area contributed by atoms with Gasteiger partial charge in [0.25, 0.3) is 11.1 Å². The molecule has 4 aromatic carbocycles. The van der Waals surface area contributed by atoms with Crippen LogP contribution in [0, 0.1) is 13.8 Å². The molecule has 0 fully saturated rings. The van der Waals surface area contributed by atoms with E-state index in [9.17, 15) is 14.4 Å². The lowest BCUT2D eigenvalue weighted by molar-refractivity contribution is 0.0473. The fraction of sp³-hybridized carbons (Fsp3) is 0.103. The molecule has 0 saturated carbocycles. The highest BCUT2D eigenvalue weighted by molar-refractivity contribution is 6.33. The Bertz CT molecular complexity index is 2290. The number of ether oxygens (including phenoxy) is 1. The third-order valence-electron chi connectivity index (χ3n) is 8.44. The molecule has 10 heteroatoms. The zero-order valence-corrected chi connectivity index (χ0v) is 27.4. The van der Waals surface area contributed by atoms with Gasteiger partial charge in [-0.15, -0.1) is 0 Å². The van der Waals surface area contributed by atoms with Crippen molar-refractivity contribution in [1.29, 1.82) is 0 Å². The number of aromatic amines is 2. The first-order valence-electron chi connectivity index (χ1n) is 15.6. The summed E-state index contributed by atoms with van der Waals surface area (Å²) in [5, 5.41) is 6.62. The number of hydrogen-bond donors (Lipinski definition) is 2. The average Bonchev–Trinajstić information content (AvgIpc) is 3.82. The molecular formula is C39H31ClN4O5. The molecule has 0 aliphatic carbocycles. The zero-order chi connectivity index (χ0) is 34.1. The molecule has 0 unspecified atom stereocenters. The molecule has 0 atom stereocenters. The number of nitrogens with zero attached hydrogens (tertiary/aromatic N) is 2. The van der Waals surface area contributed by atoms with Gasteiger partial charge >= 0.3 is 5.97 Å². The van der Waals surface area contributed by atoms with Crippen LogP contribution in [0.1, 0.15) is 50.1 Å². The van der Waals surface area contributed by atoms with Crippen LogP contribution in [-0.4, -0.2) is 25.5 Å². The van der Waals surface area contributed by atoms with Crippen LogP contribution >= 0.6 is 11.6 Å². The third-order valence-corrected chi connectivity index (χ3v) is 8.76. The van der Waals surface area contributed by atoms with E-state index in [2.05, 4.69) is 10.2 Å². The summed E-state index contributed by atoms with van der Waals surface area (Å²) in [7, 11) is 0. The third kappa shape index (κ3) is 6.08. The van der Waals surface area contributed by atoms with Crippen LogP contribution in [0.4, 0.5) is 0 Å². The van der Waals surface area contributed by atoms with E-state index in [-0.39, 0.29) is 28.3 Å². The largest absolute Gasteiger partial charge is 0.460 e. The minimum atomic E-state index is -0.876. The van der Waals surface area contributed by atoms with Crippen molar-refractivity contribution in [2.24, 2.45) is 0 Å². The minimum Gasteiger partial charge on any atom is -0.460 e. The summed E-state index contributed by atoms with van der Waals surface area (Å²) in [4.78, 5) is 41.4. The molecule has 7 rings (SSSR count). The molecule has 3 heterocycles. The Morgan fingerprint density at radius 1 is 0.735 bits per heavy atom. The molecule has 244 valence electrons. The summed E-state index contributed by atoms with van der Waals surface area (Å²) < 4.78 is 14.9. The lowest BCUT2D eigenvalue weighted by Crippen LogP contribution is -2.25. The lowest BCUT2D eigenvalue weighted by atomic mass is 9.89. The summed E-state index contributed by atoms with van der Waals surface area (Å²) in [6.45, 7) is 3.70. The normalized spacial score (nSPS) is 11.3. The molecule has 0 aliphatic rings. The van der Waals surface area contributed by atoms with E-state index in [1.807, 2.05) is 91.0 Å². The second kappa shape index (κ2) is 13.2. The topological polar surface area (TPSA) is 115 Å². The summed E-state index contributed by atoms with van der Waals surface area (Å²) >= 11 is 6.44. The van der Waals surface area contributed by atoms with Gasteiger partial charge in [0.2, 0.25) is 0 Å². The predicted octanol–water partition coefficient (Wildman–Crippen LogP) is 7.71. The van der Waals surface area contributed by atoms with E-state index in [0.29, 0.717) is 51.0 Å². The second-order valence-electron chi connectivity index (χ2n) is 11.6. The number of hydrogen-bond acceptors (Lipinski definition) is 5. The number of carbonyl (C=O) groups excluding carboxylic acids is 1. The number of aromatic nitrogens is 4. The first-order chi connectivity index (χ1) is 23.8. The number of H-pyrrole nitrogens is 2. The first kappa shape index (κ1) is 31.5. The highest BCUT2D eigenvalue weighted by Crippen LogP contribution is 2.36. The van der Waals surface area contributed by atoms with Crippen LogP contribution in [0.2, 0.25) is 5.02 Å². The highest BCUT2D eigenvalue weighted by atomic mass is 35.5. The Morgan fingerprint density at radius 3 is 1.82 bits per heavy atom. The number of benzene rings is 4. The molecule has 0 saturated heterocycles. The fourth-order valence-corrected chi connectivity index (χ4v) is 6.24. The SMILES string of the molecule is Cc1[nH]n(-c2ccccc2)c(=O)c1C(c1ccc(-c2ccc(Cl)c(C(=O)OCc3ccccc3)c2)o1)c1c(C)[nH]n(-c2ccccc2)c1=O. The number of esters is 1. The number of nitrogens with one attached hydrogen (secondary N) is 2. The Kier molecular flexibility index (Phi) is 8.50. The van der Waals surface area contributed by atoms with Crippen LogP contribution < -0.4 is 11.1 Å². The minimum absolute atomic E-state index is 0.0971. The maximum Gasteiger partial charge on any atom is 0.340 e. The van der Waals surface area contributed by atoms with Crippen molar-refractivity contribution in [3.05, 3.63) is 186 Å². The van der Waals surface area contributed by atoms with Crippen LogP contribution in [-0.2, 0) is 11.3 Å². The maximum atomic E-state index is 14.2. The average molecular weight is 671 g/mol. The van der Waals surface area contributed by atoms with Gasteiger partial charge in [0.05, 0.1) is 39.0 Å². The van der Waals surface area contributed by atoms with Crippen LogP contribution in [0.25, 0.3) is 22.7 Å². The van der Waals surface area contributed by atoms with Gasteiger partial charge in [0.15, 0.2) is 0 Å². The van der Waals surface area contributed by atoms with Gasteiger partial charge < -0.3 is 9.15 Å². The van der Waals surface area contributed by atoms with Crippen LogP contribution in [0.15, 0.2) is 135 Å². The lowest BCUT2D eigenvalue weighted by Gasteiger charge is -2.13. The predicted molar refractivity (Wildman–Crippen MR) is 188 cm³/mol. The van der Waals surface area contributed by atoms with E-state index in [1.54, 1.807) is 44.2 Å². The van der Waals surface area contributed by atoms with Gasteiger partial charge in [-0.25, -0.2) is 14.2 Å². The smallest absolute Gasteiger partial charge is 0.340 e. The van der Waals surface area contributed by atoms with Crippen LogP contribution in [0.5, 0.6) is 0 Å². The molecule has 0 bridgehead atoms. The van der Waals surface area contributed by atoms with E-state index >= 15 is 0 Å². The molecule has 49 heavy (non-hydrogen) atoms. The maximum absolute atomic E-state index is 14.2. The van der Waals surface area contributed by atoms with Crippen molar-refractivity contribution in [3.8, 4) is 22.7 Å². The van der Waals surface area contributed by atoms with Crippen molar-refractivity contribution in [3.63, 3.8) is 0 Å². The monoisotopic (exact) mass is 670 g/mol. The number of aryl methyl sites for hydroxylation is 2. The molecule has 2 N–H and O–H groups in total. The Balaban J connectivity index is 1.32. The van der Waals surface area contributed by atoms with E-state index in [4.69, 9.17) is 20.8 Å². The molecule has 0 aliphatic heterocycles. The molecule has 0 radical (unpaired) electrons. The summed E-state index contributed by atoms with van der Waals surface area (Å²) in [6, 6.07) is 36.3. The first-order valence-corrected chi connectivity index (χ1v) is 16.0. The molecule has 0 spiro atoms. The van der Waals surface area contributed by atoms with Crippen LogP contribution in [0.3, 0.4) is 0 Å². The van der Waals surface area contributed by atoms with Gasteiger partial charge in [0.1, 0.15) is 18.1 Å². The molecule has 0 amide bonds. The molecule has 3 aromatic heterocycles. The second-order valence-corrected chi connectivity index (χ2v) is 12.1. The van der Waals surface area contributed by atoms with Crippen molar-refractivity contribution >= 4 is 17.6 Å². The van der Waals surface area contributed by atoms with Crippen molar-refractivity contribution in [2.75, 3.05) is 0 Å². The van der Waals surface area contributed by atoms with Gasteiger partial charge in [-0.2, -0.15) is 0 Å². The Labute approximate surface area is 286 Å². The van der Waals surface area contributed by atoms with Crippen molar-refractivity contribution in [1.82, 2.24) is 19.6 Å². The summed E-state index contributed by atoms with van der Waals surface area (Å²) in [5.74, 6) is -0.660. The van der Waals surface area contributed by atoms with Gasteiger partial charge in [0, 0.05) is 17.0 Å². The Hall–Kier alpha value is -6.06.